The number of hydrogen-bond donors (Lipinski definition) is 1. The van der Waals surface area contributed by atoms with Crippen molar-refractivity contribution in [2.75, 3.05) is 0 Å². The standard InChI is InChI=1S/C14H19BrN4/c1-9(2)8-19-13(7-16)17-18-14(19)11-5-4-10(3)12(15)6-11/h4-6,9H,7-8,16H2,1-3H3. The van der Waals surface area contributed by atoms with E-state index in [0.717, 1.165) is 28.2 Å². The van der Waals surface area contributed by atoms with Crippen molar-refractivity contribution in [1.29, 1.82) is 0 Å². The molecule has 1 heterocycles. The van der Waals surface area contributed by atoms with Crippen LogP contribution in [0.5, 0.6) is 0 Å². The molecular weight excluding hydrogens is 304 g/mol. The molecule has 0 atom stereocenters. The molecule has 2 aromatic rings. The van der Waals surface area contributed by atoms with Gasteiger partial charge in [-0.3, -0.25) is 0 Å². The summed E-state index contributed by atoms with van der Waals surface area (Å²) in [6, 6.07) is 6.23. The predicted molar refractivity (Wildman–Crippen MR) is 80.6 cm³/mol. The average Bonchev–Trinajstić information content (AvgIpc) is 2.75. The van der Waals surface area contributed by atoms with Crippen molar-refractivity contribution in [2.24, 2.45) is 11.7 Å². The van der Waals surface area contributed by atoms with Crippen LogP contribution in [0.3, 0.4) is 0 Å². The molecule has 0 saturated carbocycles. The van der Waals surface area contributed by atoms with E-state index in [1.165, 1.54) is 5.56 Å². The Bertz CT molecular complexity index is 575. The van der Waals surface area contributed by atoms with E-state index in [-0.39, 0.29) is 0 Å². The fourth-order valence-electron chi connectivity index (χ4n) is 1.99. The first-order valence-electron chi connectivity index (χ1n) is 6.41. The molecule has 5 heteroatoms. The van der Waals surface area contributed by atoms with E-state index in [9.17, 15) is 0 Å². The van der Waals surface area contributed by atoms with Gasteiger partial charge in [-0.2, -0.15) is 0 Å². The van der Waals surface area contributed by atoms with E-state index >= 15 is 0 Å². The zero-order chi connectivity index (χ0) is 14.0. The highest BCUT2D eigenvalue weighted by Gasteiger charge is 2.14. The Kier molecular flexibility index (Phi) is 4.37. The van der Waals surface area contributed by atoms with Gasteiger partial charge in [-0.05, 0) is 24.5 Å². The quantitative estimate of drug-likeness (QED) is 0.940. The lowest BCUT2D eigenvalue weighted by atomic mass is 10.1. The van der Waals surface area contributed by atoms with Gasteiger partial charge < -0.3 is 10.3 Å². The molecule has 0 fully saturated rings. The maximum absolute atomic E-state index is 5.74. The first-order valence-corrected chi connectivity index (χ1v) is 7.21. The molecule has 0 unspecified atom stereocenters. The monoisotopic (exact) mass is 322 g/mol. The summed E-state index contributed by atoms with van der Waals surface area (Å²) < 4.78 is 3.19. The van der Waals surface area contributed by atoms with Gasteiger partial charge in [0.05, 0.1) is 6.54 Å². The summed E-state index contributed by atoms with van der Waals surface area (Å²) in [6.07, 6.45) is 0. The molecule has 2 rings (SSSR count). The Morgan fingerprint density at radius 3 is 2.63 bits per heavy atom. The van der Waals surface area contributed by atoms with Gasteiger partial charge in [0.1, 0.15) is 5.82 Å². The largest absolute Gasteiger partial charge is 0.324 e. The molecule has 2 N–H and O–H groups in total. The molecule has 19 heavy (non-hydrogen) atoms. The SMILES string of the molecule is Cc1ccc(-c2nnc(CN)n2CC(C)C)cc1Br. The summed E-state index contributed by atoms with van der Waals surface area (Å²) in [6.45, 7) is 7.70. The van der Waals surface area contributed by atoms with E-state index < -0.39 is 0 Å². The number of benzene rings is 1. The minimum atomic E-state index is 0.409. The molecule has 4 nitrogen and oxygen atoms in total. The second-order valence-electron chi connectivity index (χ2n) is 5.11. The number of nitrogens with zero attached hydrogens (tertiary/aromatic N) is 3. The summed E-state index contributed by atoms with van der Waals surface area (Å²) in [7, 11) is 0. The molecule has 0 bridgehead atoms. The summed E-state index contributed by atoms with van der Waals surface area (Å²) >= 11 is 3.56. The average molecular weight is 323 g/mol. The number of aryl methyl sites for hydroxylation is 1. The van der Waals surface area contributed by atoms with Crippen LogP contribution in [0.2, 0.25) is 0 Å². The van der Waals surface area contributed by atoms with Crippen molar-refractivity contribution in [1.82, 2.24) is 14.8 Å². The van der Waals surface area contributed by atoms with Crippen molar-refractivity contribution in [3.8, 4) is 11.4 Å². The van der Waals surface area contributed by atoms with Crippen molar-refractivity contribution < 1.29 is 0 Å². The summed E-state index contributed by atoms with van der Waals surface area (Å²) in [5.41, 5.74) is 8.01. The van der Waals surface area contributed by atoms with Gasteiger partial charge >= 0.3 is 0 Å². The van der Waals surface area contributed by atoms with Crippen LogP contribution in [0.4, 0.5) is 0 Å². The normalized spacial score (nSPS) is 11.3. The first kappa shape index (κ1) is 14.2. The Hall–Kier alpha value is -1.20. The minimum Gasteiger partial charge on any atom is -0.324 e. The number of hydrogen-bond acceptors (Lipinski definition) is 3. The third-order valence-corrected chi connectivity index (χ3v) is 3.84. The Morgan fingerprint density at radius 1 is 1.32 bits per heavy atom. The van der Waals surface area contributed by atoms with Gasteiger partial charge in [-0.25, -0.2) is 0 Å². The molecular formula is C14H19BrN4. The molecule has 102 valence electrons. The fraction of sp³-hybridized carbons (Fsp3) is 0.429. The van der Waals surface area contributed by atoms with E-state index in [1.54, 1.807) is 0 Å². The van der Waals surface area contributed by atoms with E-state index in [2.05, 4.69) is 69.7 Å². The number of nitrogens with two attached hydrogens (primary N) is 1. The number of rotatable bonds is 4. The van der Waals surface area contributed by atoms with E-state index in [1.807, 2.05) is 0 Å². The van der Waals surface area contributed by atoms with Crippen molar-refractivity contribution in [3.63, 3.8) is 0 Å². The molecule has 0 radical (unpaired) electrons. The van der Waals surface area contributed by atoms with Crippen LogP contribution in [-0.4, -0.2) is 14.8 Å². The minimum absolute atomic E-state index is 0.409. The first-order chi connectivity index (χ1) is 9.02. The van der Waals surface area contributed by atoms with Crippen LogP contribution in [-0.2, 0) is 13.1 Å². The maximum atomic E-state index is 5.74. The zero-order valence-electron chi connectivity index (χ0n) is 11.5. The van der Waals surface area contributed by atoms with Crippen LogP contribution in [0.1, 0.15) is 25.2 Å². The van der Waals surface area contributed by atoms with Gasteiger partial charge in [-0.1, -0.05) is 41.9 Å². The molecule has 0 saturated heterocycles. The van der Waals surface area contributed by atoms with Crippen molar-refractivity contribution in [3.05, 3.63) is 34.1 Å². The molecule has 0 amide bonds. The number of aromatic nitrogens is 3. The lowest BCUT2D eigenvalue weighted by Gasteiger charge is -2.12. The van der Waals surface area contributed by atoms with Crippen molar-refractivity contribution >= 4 is 15.9 Å². The van der Waals surface area contributed by atoms with Gasteiger partial charge in [-0.15, -0.1) is 10.2 Å². The molecule has 1 aromatic heterocycles. The van der Waals surface area contributed by atoms with Crippen molar-refractivity contribution in [2.45, 2.75) is 33.9 Å². The fourth-order valence-corrected chi connectivity index (χ4v) is 2.37. The second kappa shape index (κ2) is 5.84. The molecule has 1 aromatic carbocycles. The molecule has 0 aliphatic heterocycles. The number of halogens is 1. The maximum Gasteiger partial charge on any atom is 0.164 e. The highest BCUT2D eigenvalue weighted by atomic mass is 79.9. The summed E-state index contributed by atoms with van der Waals surface area (Å²) in [5, 5.41) is 8.48. The van der Waals surface area contributed by atoms with Gasteiger partial charge in [0.2, 0.25) is 0 Å². The molecule has 0 spiro atoms. The van der Waals surface area contributed by atoms with Crippen LogP contribution in [0.15, 0.2) is 22.7 Å². The Morgan fingerprint density at radius 2 is 2.05 bits per heavy atom. The van der Waals surface area contributed by atoms with Crippen LogP contribution < -0.4 is 5.73 Å². The van der Waals surface area contributed by atoms with E-state index in [4.69, 9.17) is 5.73 Å². The Labute approximate surface area is 122 Å². The predicted octanol–water partition coefficient (Wildman–Crippen LogP) is 3.13. The summed E-state index contributed by atoms with van der Waals surface area (Å²) in [5.74, 6) is 2.24. The lowest BCUT2D eigenvalue weighted by Crippen LogP contribution is -2.13. The second-order valence-corrected chi connectivity index (χ2v) is 5.97. The highest BCUT2D eigenvalue weighted by molar-refractivity contribution is 9.10. The van der Waals surface area contributed by atoms with Gasteiger partial charge in [0.25, 0.3) is 0 Å². The zero-order valence-corrected chi connectivity index (χ0v) is 13.1. The lowest BCUT2D eigenvalue weighted by molar-refractivity contribution is 0.510. The smallest absolute Gasteiger partial charge is 0.164 e. The van der Waals surface area contributed by atoms with Crippen LogP contribution in [0, 0.1) is 12.8 Å². The van der Waals surface area contributed by atoms with Crippen LogP contribution in [0.25, 0.3) is 11.4 Å². The molecule has 0 aliphatic carbocycles. The Balaban J connectivity index is 2.48. The van der Waals surface area contributed by atoms with Gasteiger partial charge in [0.15, 0.2) is 5.82 Å². The van der Waals surface area contributed by atoms with E-state index in [0.29, 0.717) is 12.5 Å². The topological polar surface area (TPSA) is 56.7 Å². The van der Waals surface area contributed by atoms with Gasteiger partial charge in [0, 0.05) is 16.6 Å². The third kappa shape index (κ3) is 3.04. The third-order valence-electron chi connectivity index (χ3n) is 2.99. The van der Waals surface area contributed by atoms with Crippen LogP contribution >= 0.6 is 15.9 Å². The highest BCUT2D eigenvalue weighted by Crippen LogP contribution is 2.25. The summed E-state index contributed by atoms with van der Waals surface area (Å²) in [4.78, 5) is 0. The molecule has 0 aliphatic rings.